The fourth-order valence-electron chi connectivity index (χ4n) is 2.80. The van der Waals surface area contributed by atoms with Gasteiger partial charge in [0.25, 0.3) is 0 Å². The van der Waals surface area contributed by atoms with E-state index in [1.165, 1.54) is 11.4 Å². The van der Waals surface area contributed by atoms with Gasteiger partial charge in [-0.2, -0.15) is 0 Å². The Labute approximate surface area is 141 Å². The van der Waals surface area contributed by atoms with E-state index in [1.54, 1.807) is 0 Å². The normalized spacial score (nSPS) is 24.1. The molecule has 4 nitrogen and oxygen atoms in total. The molecule has 5 heteroatoms. The van der Waals surface area contributed by atoms with E-state index in [9.17, 15) is 0 Å². The molecule has 0 unspecified atom stereocenters. The van der Waals surface area contributed by atoms with Crippen molar-refractivity contribution in [3.05, 3.63) is 0 Å². The first-order chi connectivity index (χ1) is 9.20. The molecule has 0 bridgehead atoms. The molecule has 0 amide bonds. The van der Waals surface area contributed by atoms with Crippen LogP contribution in [-0.2, 0) is 17.1 Å². The van der Waals surface area contributed by atoms with Gasteiger partial charge in [-0.25, -0.2) is 0 Å². The van der Waals surface area contributed by atoms with Crippen LogP contribution in [-0.4, -0.2) is 48.7 Å². The Bertz CT molecular complexity index is 336. The van der Waals surface area contributed by atoms with Gasteiger partial charge < -0.3 is 10.6 Å². The first-order valence-electron chi connectivity index (χ1n) is 7.70. The summed E-state index contributed by atoms with van der Waals surface area (Å²) in [6.45, 7) is 16.7. The van der Waals surface area contributed by atoms with Crippen LogP contribution in [0.1, 0.15) is 54.4 Å². The molecule has 1 heterocycles. The smallest absolute Gasteiger partial charge is 0.310 e. The van der Waals surface area contributed by atoms with Crippen molar-refractivity contribution in [2.24, 2.45) is 9.98 Å². The number of hydrogen-bond acceptors (Lipinski definition) is 4. The maximum absolute atomic E-state index is 4.68. The molecular formula is C16H32CuN4+2. The van der Waals surface area contributed by atoms with Crippen molar-refractivity contribution in [3.63, 3.8) is 0 Å². The first-order valence-corrected chi connectivity index (χ1v) is 7.70. The fourth-order valence-corrected chi connectivity index (χ4v) is 2.80. The van der Waals surface area contributed by atoms with Gasteiger partial charge in [0.15, 0.2) is 0 Å². The number of nitrogens with one attached hydrogen (secondary N) is 2. The van der Waals surface area contributed by atoms with Gasteiger partial charge in [0.1, 0.15) is 0 Å². The van der Waals surface area contributed by atoms with Crippen molar-refractivity contribution < 1.29 is 17.1 Å². The third kappa shape index (κ3) is 9.41. The van der Waals surface area contributed by atoms with Crippen molar-refractivity contribution in [3.8, 4) is 0 Å². The largest absolute Gasteiger partial charge is 2.00 e. The van der Waals surface area contributed by atoms with E-state index in [-0.39, 0.29) is 28.1 Å². The van der Waals surface area contributed by atoms with Crippen LogP contribution in [0.3, 0.4) is 0 Å². The molecule has 0 aromatic carbocycles. The van der Waals surface area contributed by atoms with Gasteiger partial charge in [-0.15, -0.1) is 0 Å². The molecular weight excluding hydrogens is 312 g/mol. The summed E-state index contributed by atoms with van der Waals surface area (Å²) >= 11 is 0. The zero-order valence-corrected chi connectivity index (χ0v) is 15.4. The Balaban J connectivity index is 0.00000400. The number of rotatable bonds is 0. The zero-order valence-electron chi connectivity index (χ0n) is 14.4. The van der Waals surface area contributed by atoms with Crippen LogP contribution in [0, 0.1) is 0 Å². The van der Waals surface area contributed by atoms with Gasteiger partial charge in [-0.3, -0.25) is 9.98 Å². The minimum Gasteiger partial charge on any atom is -0.310 e. The second kappa shape index (κ2) is 9.04. The monoisotopic (exact) mass is 343 g/mol. The van der Waals surface area contributed by atoms with Crippen LogP contribution >= 0.6 is 0 Å². The van der Waals surface area contributed by atoms with Crippen molar-refractivity contribution in [1.29, 1.82) is 0 Å². The molecule has 0 atom stereocenters. The Morgan fingerprint density at radius 1 is 0.762 bits per heavy atom. The molecule has 1 radical (unpaired) electrons. The average Bonchev–Trinajstić information content (AvgIpc) is 2.28. The van der Waals surface area contributed by atoms with Gasteiger partial charge in [0, 0.05) is 48.4 Å². The van der Waals surface area contributed by atoms with E-state index in [0.29, 0.717) is 0 Å². The van der Waals surface area contributed by atoms with E-state index >= 15 is 0 Å². The topological polar surface area (TPSA) is 48.8 Å². The summed E-state index contributed by atoms with van der Waals surface area (Å²) in [5.41, 5.74) is 2.62. The third-order valence-electron chi connectivity index (χ3n) is 3.59. The van der Waals surface area contributed by atoms with Crippen molar-refractivity contribution >= 4 is 11.4 Å². The van der Waals surface area contributed by atoms with E-state index in [1.807, 2.05) is 0 Å². The number of nitrogens with zero attached hydrogens (tertiary/aromatic N) is 2. The van der Waals surface area contributed by atoms with E-state index in [0.717, 1.165) is 39.0 Å². The molecule has 0 saturated heterocycles. The van der Waals surface area contributed by atoms with Crippen LogP contribution < -0.4 is 10.6 Å². The quantitative estimate of drug-likeness (QED) is 0.664. The summed E-state index contributed by atoms with van der Waals surface area (Å²) in [6, 6.07) is 0. The molecule has 0 aliphatic carbocycles. The van der Waals surface area contributed by atoms with E-state index in [4.69, 9.17) is 0 Å². The van der Waals surface area contributed by atoms with Gasteiger partial charge in [-0.05, 0) is 41.5 Å². The predicted molar refractivity (Wildman–Crippen MR) is 89.3 cm³/mol. The van der Waals surface area contributed by atoms with Gasteiger partial charge in [-0.1, -0.05) is 0 Å². The summed E-state index contributed by atoms with van der Waals surface area (Å²) in [6.07, 6.45) is 1.97. The minimum absolute atomic E-state index is 0. The molecule has 2 N–H and O–H groups in total. The van der Waals surface area contributed by atoms with Crippen molar-refractivity contribution in [2.75, 3.05) is 26.2 Å². The minimum atomic E-state index is 0. The summed E-state index contributed by atoms with van der Waals surface area (Å²) < 4.78 is 0. The molecule has 0 saturated carbocycles. The Hall–Kier alpha value is -0.221. The molecule has 0 fully saturated rings. The van der Waals surface area contributed by atoms with Crippen LogP contribution in [0.5, 0.6) is 0 Å². The number of aliphatic imine (C=N–C) groups is 2. The molecule has 0 spiro atoms. The third-order valence-corrected chi connectivity index (χ3v) is 3.59. The Morgan fingerprint density at radius 2 is 1.10 bits per heavy atom. The standard InChI is InChI=1S/C16H32N4.Cu/c1-13-11-15(3,4)19-10-8-18-14(2)12-16(5,6)20-9-7-17-13;/h19-20H,7-12H2,1-6H3;/q;+2. The van der Waals surface area contributed by atoms with Crippen LogP contribution in [0.4, 0.5) is 0 Å². The first kappa shape index (κ1) is 20.8. The maximum Gasteiger partial charge on any atom is 2.00 e. The van der Waals surface area contributed by atoms with Crippen LogP contribution in [0.15, 0.2) is 9.98 Å². The van der Waals surface area contributed by atoms with Gasteiger partial charge >= 0.3 is 17.1 Å². The second-order valence-electron chi connectivity index (χ2n) is 7.21. The molecule has 1 rings (SSSR count). The Morgan fingerprint density at radius 3 is 1.43 bits per heavy atom. The van der Waals surface area contributed by atoms with Crippen molar-refractivity contribution in [1.82, 2.24) is 10.6 Å². The van der Waals surface area contributed by atoms with Gasteiger partial charge in [0.05, 0.1) is 13.1 Å². The maximum atomic E-state index is 4.68. The Kier molecular flexibility index (Phi) is 8.94. The fraction of sp³-hybridized carbons (Fsp3) is 0.875. The van der Waals surface area contributed by atoms with Gasteiger partial charge in [0.2, 0.25) is 0 Å². The van der Waals surface area contributed by atoms with Crippen LogP contribution in [0.2, 0.25) is 0 Å². The predicted octanol–water partition coefficient (Wildman–Crippen LogP) is 2.44. The van der Waals surface area contributed by atoms with Crippen molar-refractivity contribution in [2.45, 2.75) is 65.5 Å². The summed E-state index contributed by atoms with van der Waals surface area (Å²) in [7, 11) is 0. The van der Waals surface area contributed by atoms with Crippen LogP contribution in [0.25, 0.3) is 0 Å². The van der Waals surface area contributed by atoms with E-state index in [2.05, 4.69) is 62.2 Å². The number of hydrogen-bond donors (Lipinski definition) is 2. The summed E-state index contributed by atoms with van der Waals surface area (Å²) in [5, 5.41) is 7.16. The summed E-state index contributed by atoms with van der Waals surface area (Å²) in [5.74, 6) is 0. The molecule has 1 aliphatic heterocycles. The zero-order chi connectivity index (χ0) is 15.2. The molecule has 0 aromatic rings. The average molecular weight is 344 g/mol. The molecule has 1 aliphatic rings. The molecule has 0 aromatic heterocycles. The van der Waals surface area contributed by atoms with E-state index < -0.39 is 0 Å². The molecule has 21 heavy (non-hydrogen) atoms. The molecule has 125 valence electrons. The second-order valence-corrected chi connectivity index (χ2v) is 7.21. The SMILES string of the molecule is CC1=NCCNC(C)(C)CC(C)=NCCNC(C)(C)C1.[Cu+2]. The summed E-state index contributed by atoms with van der Waals surface area (Å²) in [4.78, 5) is 9.35.